The molecular weight excluding hydrogens is 292 g/mol. The quantitative estimate of drug-likeness (QED) is 0.777. The summed E-state index contributed by atoms with van der Waals surface area (Å²) >= 11 is 0. The van der Waals surface area contributed by atoms with Gasteiger partial charge in [0.1, 0.15) is 5.75 Å². The number of methoxy groups -OCH3 is 1. The van der Waals surface area contributed by atoms with E-state index in [9.17, 15) is 13.2 Å². The molecular formula is C14H20N2O4S. The SMILES string of the molecule is COc1ccccc1CNCC(=O)NC1CCS(=O)(=O)C1. The van der Waals surface area contributed by atoms with Crippen LogP contribution in [0.3, 0.4) is 0 Å². The maximum atomic E-state index is 11.8. The van der Waals surface area contributed by atoms with Gasteiger partial charge in [0.15, 0.2) is 9.84 Å². The first kappa shape index (κ1) is 15.8. The van der Waals surface area contributed by atoms with Crippen molar-refractivity contribution in [1.82, 2.24) is 10.6 Å². The lowest BCUT2D eigenvalue weighted by Crippen LogP contribution is -2.40. The van der Waals surface area contributed by atoms with Crippen molar-refractivity contribution < 1.29 is 17.9 Å². The Morgan fingerprint density at radius 1 is 1.38 bits per heavy atom. The lowest BCUT2D eigenvalue weighted by molar-refractivity contribution is -0.120. The van der Waals surface area contributed by atoms with Crippen LogP contribution in [-0.4, -0.2) is 45.5 Å². The van der Waals surface area contributed by atoms with E-state index in [1.807, 2.05) is 24.3 Å². The van der Waals surface area contributed by atoms with Gasteiger partial charge in [-0.3, -0.25) is 4.79 Å². The Bertz CT molecular complexity index is 601. The maximum absolute atomic E-state index is 11.8. The molecule has 1 amide bonds. The van der Waals surface area contributed by atoms with Gasteiger partial charge in [-0.15, -0.1) is 0 Å². The van der Waals surface area contributed by atoms with E-state index in [-0.39, 0.29) is 30.0 Å². The summed E-state index contributed by atoms with van der Waals surface area (Å²) in [7, 11) is -1.36. The molecule has 1 aliphatic heterocycles. The van der Waals surface area contributed by atoms with Gasteiger partial charge in [-0.1, -0.05) is 18.2 Å². The second-order valence-corrected chi connectivity index (χ2v) is 7.31. The predicted octanol–water partition coefficient (Wildman–Crippen LogP) is 0.0881. The van der Waals surface area contributed by atoms with Crippen LogP contribution in [0.1, 0.15) is 12.0 Å². The number of benzene rings is 1. The van der Waals surface area contributed by atoms with E-state index >= 15 is 0 Å². The summed E-state index contributed by atoms with van der Waals surface area (Å²) in [5, 5.41) is 5.77. The van der Waals surface area contributed by atoms with E-state index in [2.05, 4.69) is 10.6 Å². The molecule has 1 fully saturated rings. The van der Waals surface area contributed by atoms with Gasteiger partial charge in [-0.05, 0) is 12.5 Å². The molecule has 1 heterocycles. The molecule has 0 aromatic heterocycles. The Hall–Kier alpha value is -1.60. The molecule has 1 saturated heterocycles. The molecule has 21 heavy (non-hydrogen) atoms. The number of para-hydroxylation sites is 1. The Morgan fingerprint density at radius 2 is 2.14 bits per heavy atom. The lowest BCUT2D eigenvalue weighted by Gasteiger charge is -2.12. The third kappa shape index (κ3) is 4.71. The van der Waals surface area contributed by atoms with Crippen molar-refractivity contribution in [3.8, 4) is 5.75 Å². The van der Waals surface area contributed by atoms with Gasteiger partial charge in [0.05, 0.1) is 25.2 Å². The number of nitrogens with one attached hydrogen (secondary N) is 2. The van der Waals surface area contributed by atoms with Crippen molar-refractivity contribution in [1.29, 1.82) is 0 Å². The zero-order valence-corrected chi connectivity index (χ0v) is 12.8. The average molecular weight is 312 g/mol. The van der Waals surface area contributed by atoms with Gasteiger partial charge in [0, 0.05) is 18.2 Å². The molecule has 0 saturated carbocycles. The number of ether oxygens (including phenoxy) is 1. The van der Waals surface area contributed by atoms with Crippen molar-refractivity contribution in [3.63, 3.8) is 0 Å². The van der Waals surface area contributed by atoms with Crippen LogP contribution in [0, 0.1) is 0 Å². The van der Waals surface area contributed by atoms with Gasteiger partial charge >= 0.3 is 0 Å². The summed E-state index contributed by atoms with van der Waals surface area (Å²) in [6.07, 6.45) is 0.501. The van der Waals surface area contributed by atoms with Crippen LogP contribution in [0.25, 0.3) is 0 Å². The molecule has 116 valence electrons. The first-order chi connectivity index (χ1) is 10.00. The van der Waals surface area contributed by atoms with Gasteiger partial charge in [0.2, 0.25) is 5.91 Å². The average Bonchev–Trinajstić information content (AvgIpc) is 2.78. The number of hydrogen-bond donors (Lipinski definition) is 2. The van der Waals surface area contributed by atoms with Gasteiger partial charge < -0.3 is 15.4 Å². The molecule has 1 unspecified atom stereocenters. The zero-order chi connectivity index (χ0) is 15.3. The zero-order valence-electron chi connectivity index (χ0n) is 12.0. The maximum Gasteiger partial charge on any atom is 0.234 e. The third-order valence-electron chi connectivity index (χ3n) is 3.39. The highest BCUT2D eigenvalue weighted by atomic mass is 32.2. The minimum Gasteiger partial charge on any atom is -0.496 e. The smallest absolute Gasteiger partial charge is 0.234 e. The highest BCUT2D eigenvalue weighted by Crippen LogP contribution is 2.16. The summed E-state index contributed by atoms with van der Waals surface area (Å²) in [6, 6.07) is 7.32. The van der Waals surface area contributed by atoms with E-state index in [0.29, 0.717) is 13.0 Å². The van der Waals surface area contributed by atoms with Crippen LogP contribution in [0.5, 0.6) is 5.75 Å². The molecule has 2 rings (SSSR count). The molecule has 0 bridgehead atoms. The lowest BCUT2D eigenvalue weighted by atomic mass is 10.2. The standard InChI is InChI=1S/C14H20N2O4S/c1-20-13-5-3-2-4-11(13)8-15-9-14(17)16-12-6-7-21(18,19)10-12/h2-5,12,15H,6-10H2,1H3,(H,16,17). The second-order valence-electron chi connectivity index (χ2n) is 5.08. The van der Waals surface area contributed by atoms with Gasteiger partial charge in [-0.2, -0.15) is 0 Å². The molecule has 2 N–H and O–H groups in total. The van der Waals surface area contributed by atoms with Crippen LogP contribution < -0.4 is 15.4 Å². The number of carbonyl (C=O) groups excluding carboxylic acids is 1. The molecule has 1 atom stereocenters. The number of sulfone groups is 1. The Labute approximate surface area is 124 Å². The number of amides is 1. The van der Waals surface area contributed by atoms with E-state index in [1.165, 1.54) is 0 Å². The number of rotatable bonds is 6. The van der Waals surface area contributed by atoms with Crippen molar-refractivity contribution in [2.24, 2.45) is 0 Å². The first-order valence-electron chi connectivity index (χ1n) is 6.82. The van der Waals surface area contributed by atoms with E-state index in [0.717, 1.165) is 11.3 Å². The van der Waals surface area contributed by atoms with Gasteiger partial charge in [0.25, 0.3) is 0 Å². The largest absolute Gasteiger partial charge is 0.496 e. The van der Waals surface area contributed by atoms with E-state index in [4.69, 9.17) is 4.74 Å². The van der Waals surface area contributed by atoms with Crippen molar-refractivity contribution in [2.45, 2.75) is 19.0 Å². The van der Waals surface area contributed by atoms with Crippen LogP contribution in [-0.2, 0) is 21.2 Å². The minimum absolute atomic E-state index is 0.0469. The topological polar surface area (TPSA) is 84.5 Å². The van der Waals surface area contributed by atoms with Crippen LogP contribution in [0.4, 0.5) is 0 Å². The number of hydrogen-bond acceptors (Lipinski definition) is 5. The molecule has 1 aliphatic rings. The molecule has 0 aliphatic carbocycles. The normalized spacial score (nSPS) is 20.1. The minimum atomic E-state index is -2.97. The summed E-state index contributed by atoms with van der Waals surface area (Å²) in [5.74, 6) is 0.789. The Balaban J connectivity index is 1.75. The van der Waals surface area contributed by atoms with Crippen LogP contribution in [0.2, 0.25) is 0 Å². The summed E-state index contributed by atoms with van der Waals surface area (Å²) in [6.45, 7) is 0.662. The summed E-state index contributed by atoms with van der Waals surface area (Å²) in [5.41, 5.74) is 0.969. The first-order valence-corrected chi connectivity index (χ1v) is 8.65. The fourth-order valence-electron chi connectivity index (χ4n) is 2.35. The second kappa shape index (κ2) is 6.91. The van der Waals surface area contributed by atoms with Crippen LogP contribution in [0.15, 0.2) is 24.3 Å². The summed E-state index contributed by atoms with van der Waals surface area (Å²) in [4.78, 5) is 11.8. The molecule has 7 heteroatoms. The molecule has 0 spiro atoms. The van der Waals surface area contributed by atoms with Crippen molar-refractivity contribution >= 4 is 15.7 Å². The van der Waals surface area contributed by atoms with E-state index < -0.39 is 9.84 Å². The van der Waals surface area contributed by atoms with Gasteiger partial charge in [-0.25, -0.2) is 8.42 Å². The predicted molar refractivity (Wildman–Crippen MR) is 79.9 cm³/mol. The third-order valence-corrected chi connectivity index (χ3v) is 5.16. The number of carbonyl (C=O) groups is 1. The highest BCUT2D eigenvalue weighted by molar-refractivity contribution is 7.91. The van der Waals surface area contributed by atoms with Crippen molar-refractivity contribution in [2.75, 3.05) is 25.2 Å². The summed E-state index contributed by atoms with van der Waals surface area (Å²) < 4.78 is 27.8. The highest BCUT2D eigenvalue weighted by Gasteiger charge is 2.28. The fourth-order valence-corrected chi connectivity index (χ4v) is 4.02. The molecule has 1 aromatic carbocycles. The Morgan fingerprint density at radius 3 is 2.81 bits per heavy atom. The molecule has 1 aromatic rings. The molecule has 0 radical (unpaired) electrons. The van der Waals surface area contributed by atoms with Crippen LogP contribution >= 0.6 is 0 Å². The monoisotopic (exact) mass is 312 g/mol. The fraction of sp³-hybridized carbons (Fsp3) is 0.500. The molecule has 6 nitrogen and oxygen atoms in total. The van der Waals surface area contributed by atoms with E-state index in [1.54, 1.807) is 7.11 Å². The van der Waals surface area contributed by atoms with Crippen molar-refractivity contribution in [3.05, 3.63) is 29.8 Å². The Kier molecular flexibility index (Phi) is 5.19.